The zero-order valence-corrected chi connectivity index (χ0v) is 11.7. The Kier molecular flexibility index (Phi) is 3.10. The molecule has 3 rings (SSSR count). The van der Waals surface area contributed by atoms with Crippen LogP contribution in [0.2, 0.25) is 0 Å². The second-order valence-electron chi connectivity index (χ2n) is 4.28. The van der Waals surface area contributed by atoms with Crippen LogP contribution in [-0.4, -0.2) is 19.9 Å². The largest absolute Gasteiger partial charge is 0.378 e. The number of thiazole rings is 1. The fraction of sp³-hybridized carbons (Fsp3) is 0.0833. The summed E-state index contributed by atoms with van der Waals surface area (Å²) >= 11 is 1.39. The molecule has 0 aliphatic heterocycles. The Balaban J connectivity index is 2.05. The van der Waals surface area contributed by atoms with Crippen molar-refractivity contribution in [2.24, 2.45) is 0 Å². The number of aromatic nitrogens is 3. The Bertz CT molecular complexity index is 847. The van der Waals surface area contributed by atoms with Crippen molar-refractivity contribution in [1.82, 2.24) is 15.0 Å². The first-order valence-electron chi connectivity index (χ1n) is 5.94. The van der Waals surface area contributed by atoms with Gasteiger partial charge in [0.1, 0.15) is 6.33 Å². The number of fused-ring (bicyclic) bond motifs is 1. The molecule has 2 heterocycles. The van der Waals surface area contributed by atoms with Crippen LogP contribution >= 0.6 is 11.3 Å². The van der Waals surface area contributed by atoms with Crippen LogP contribution in [0.5, 0.6) is 0 Å². The van der Waals surface area contributed by atoms with E-state index in [9.17, 15) is 10.1 Å². The van der Waals surface area contributed by atoms with Gasteiger partial charge in [-0.05, 0) is 18.6 Å². The quantitative estimate of drug-likeness (QED) is 0.563. The molecule has 0 atom stereocenters. The lowest BCUT2D eigenvalue weighted by atomic mass is 10.2. The second kappa shape index (κ2) is 4.94. The molecule has 3 aromatic rings. The number of rotatable bonds is 3. The summed E-state index contributed by atoms with van der Waals surface area (Å²) in [6.45, 7) is 1.96. The Hall–Kier alpha value is -2.81. The third kappa shape index (κ3) is 2.34. The smallest absolute Gasteiger partial charge is 0.353 e. The number of anilines is 3. The van der Waals surface area contributed by atoms with Gasteiger partial charge in [-0.1, -0.05) is 23.5 Å². The third-order valence-corrected chi connectivity index (χ3v) is 3.82. The number of hydrogen-bond acceptors (Lipinski definition) is 8. The summed E-state index contributed by atoms with van der Waals surface area (Å²) in [6, 6.07) is 5.83. The average Bonchev–Trinajstić information content (AvgIpc) is 2.82. The molecule has 0 fully saturated rings. The predicted molar refractivity (Wildman–Crippen MR) is 80.7 cm³/mol. The molecule has 8 nitrogen and oxygen atoms in total. The van der Waals surface area contributed by atoms with Crippen LogP contribution in [-0.2, 0) is 0 Å². The lowest BCUT2D eigenvalue weighted by molar-refractivity contribution is -0.383. The molecule has 2 aromatic heterocycles. The summed E-state index contributed by atoms with van der Waals surface area (Å²) in [5, 5.41) is 14.4. The number of benzene rings is 1. The van der Waals surface area contributed by atoms with E-state index in [2.05, 4.69) is 20.3 Å². The molecule has 21 heavy (non-hydrogen) atoms. The normalized spacial score (nSPS) is 10.7. The van der Waals surface area contributed by atoms with Gasteiger partial charge in [0, 0.05) is 0 Å². The van der Waals surface area contributed by atoms with E-state index in [1.807, 2.05) is 25.1 Å². The van der Waals surface area contributed by atoms with Crippen molar-refractivity contribution in [1.29, 1.82) is 0 Å². The number of para-hydroxylation sites is 1. The van der Waals surface area contributed by atoms with E-state index in [1.165, 1.54) is 17.7 Å². The maximum Gasteiger partial charge on any atom is 0.353 e. The standard InChI is InChI=1S/C12H10N6O2S/c1-6-3-2-4-7-8(6)16-12(21-7)17-11-9(18(19)20)10(13)14-5-15-11/h2-5H,1H3,(H3,13,14,15,16,17). The van der Waals surface area contributed by atoms with Gasteiger partial charge in [-0.3, -0.25) is 10.1 Å². The molecule has 0 spiro atoms. The molecule has 0 aliphatic carbocycles. The lowest BCUT2D eigenvalue weighted by Gasteiger charge is -2.03. The highest BCUT2D eigenvalue weighted by molar-refractivity contribution is 7.22. The van der Waals surface area contributed by atoms with Gasteiger partial charge in [-0.25, -0.2) is 15.0 Å². The van der Waals surface area contributed by atoms with Gasteiger partial charge in [0.15, 0.2) is 5.13 Å². The van der Waals surface area contributed by atoms with Crippen molar-refractivity contribution in [3.63, 3.8) is 0 Å². The summed E-state index contributed by atoms with van der Waals surface area (Å²) in [5.74, 6) is -0.154. The number of nitrogens with one attached hydrogen (secondary N) is 1. The van der Waals surface area contributed by atoms with Crippen molar-refractivity contribution in [3.8, 4) is 0 Å². The fourth-order valence-corrected chi connectivity index (χ4v) is 2.85. The summed E-state index contributed by atoms with van der Waals surface area (Å²) in [5.41, 5.74) is 7.06. The van der Waals surface area contributed by atoms with Crippen LogP contribution in [0.3, 0.4) is 0 Å². The number of aryl methyl sites for hydroxylation is 1. The van der Waals surface area contributed by atoms with Crippen LogP contribution in [0.4, 0.5) is 22.5 Å². The predicted octanol–water partition coefficient (Wildman–Crippen LogP) is 2.63. The van der Waals surface area contributed by atoms with Crippen LogP contribution in [0.25, 0.3) is 10.2 Å². The highest BCUT2D eigenvalue weighted by Crippen LogP contribution is 2.33. The molecular formula is C12H10N6O2S. The van der Waals surface area contributed by atoms with Crippen LogP contribution in [0.15, 0.2) is 24.5 Å². The molecule has 3 N–H and O–H groups in total. The first kappa shape index (κ1) is 13.2. The van der Waals surface area contributed by atoms with Crippen molar-refractivity contribution >= 4 is 44.0 Å². The zero-order chi connectivity index (χ0) is 15.0. The minimum absolute atomic E-state index is 0.0317. The minimum Gasteiger partial charge on any atom is -0.378 e. The van der Waals surface area contributed by atoms with Gasteiger partial charge in [0.25, 0.3) is 0 Å². The van der Waals surface area contributed by atoms with Gasteiger partial charge in [0.2, 0.25) is 11.6 Å². The van der Waals surface area contributed by atoms with Gasteiger partial charge in [-0.15, -0.1) is 0 Å². The maximum absolute atomic E-state index is 11.0. The van der Waals surface area contributed by atoms with E-state index in [0.717, 1.165) is 15.8 Å². The zero-order valence-electron chi connectivity index (χ0n) is 10.9. The summed E-state index contributed by atoms with van der Waals surface area (Å²) in [6.07, 6.45) is 1.17. The highest BCUT2D eigenvalue weighted by Gasteiger charge is 2.21. The van der Waals surface area contributed by atoms with Crippen LogP contribution < -0.4 is 11.1 Å². The van der Waals surface area contributed by atoms with E-state index in [-0.39, 0.29) is 17.3 Å². The van der Waals surface area contributed by atoms with Crippen molar-refractivity contribution in [3.05, 3.63) is 40.2 Å². The third-order valence-electron chi connectivity index (χ3n) is 2.88. The van der Waals surface area contributed by atoms with Crippen molar-refractivity contribution in [2.75, 3.05) is 11.1 Å². The summed E-state index contributed by atoms with van der Waals surface area (Å²) < 4.78 is 0.988. The number of nitrogens with two attached hydrogens (primary N) is 1. The first-order chi connectivity index (χ1) is 10.1. The molecule has 0 saturated heterocycles. The van der Waals surface area contributed by atoms with Gasteiger partial charge in [-0.2, -0.15) is 0 Å². The van der Waals surface area contributed by atoms with E-state index in [1.54, 1.807) is 0 Å². The minimum atomic E-state index is -0.615. The lowest BCUT2D eigenvalue weighted by Crippen LogP contribution is -2.04. The molecule has 1 aromatic carbocycles. The van der Waals surface area contributed by atoms with E-state index in [0.29, 0.717) is 5.13 Å². The first-order valence-corrected chi connectivity index (χ1v) is 6.76. The van der Waals surface area contributed by atoms with Gasteiger partial charge < -0.3 is 11.1 Å². The summed E-state index contributed by atoms with van der Waals surface area (Å²) in [4.78, 5) is 22.4. The Labute approximate surface area is 122 Å². The SMILES string of the molecule is Cc1cccc2sc(Nc3ncnc(N)c3[N+](=O)[O-])nc12. The second-order valence-corrected chi connectivity index (χ2v) is 5.31. The molecule has 0 bridgehead atoms. The van der Waals surface area contributed by atoms with E-state index >= 15 is 0 Å². The molecule has 0 unspecified atom stereocenters. The van der Waals surface area contributed by atoms with Crippen molar-refractivity contribution in [2.45, 2.75) is 6.92 Å². The number of hydrogen-bond donors (Lipinski definition) is 2. The summed E-state index contributed by atoms with van der Waals surface area (Å²) in [7, 11) is 0. The Morgan fingerprint density at radius 1 is 1.38 bits per heavy atom. The van der Waals surface area contributed by atoms with E-state index in [4.69, 9.17) is 5.73 Å². The molecule has 106 valence electrons. The number of nitrogen functional groups attached to an aromatic ring is 1. The monoisotopic (exact) mass is 302 g/mol. The fourth-order valence-electron chi connectivity index (χ4n) is 1.90. The molecular weight excluding hydrogens is 292 g/mol. The Morgan fingerprint density at radius 3 is 2.90 bits per heavy atom. The average molecular weight is 302 g/mol. The highest BCUT2D eigenvalue weighted by atomic mass is 32.1. The van der Waals surface area contributed by atoms with Gasteiger partial charge >= 0.3 is 5.69 Å². The number of nitro groups is 1. The van der Waals surface area contributed by atoms with Crippen molar-refractivity contribution < 1.29 is 4.92 Å². The maximum atomic E-state index is 11.0. The molecule has 0 radical (unpaired) electrons. The van der Waals surface area contributed by atoms with Crippen LogP contribution in [0, 0.1) is 17.0 Å². The topological polar surface area (TPSA) is 120 Å². The number of nitrogens with zero attached hydrogens (tertiary/aromatic N) is 4. The Morgan fingerprint density at radius 2 is 2.19 bits per heavy atom. The van der Waals surface area contributed by atoms with E-state index < -0.39 is 4.92 Å². The molecule has 0 aliphatic rings. The molecule has 9 heteroatoms. The van der Waals surface area contributed by atoms with Gasteiger partial charge in [0.05, 0.1) is 15.1 Å². The molecule has 0 saturated carbocycles. The van der Waals surface area contributed by atoms with Crippen LogP contribution in [0.1, 0.15) is 5.56 Å². The molecule has 0 amide bonds.